The lowest BCUT2D eigenvalue weighted by Crippen LogP contribution is -2.36. The molecule has 1 aliphatic rings. The average Bonchev–Trinajstić information content (AvgIpc) is 2.75. The second kappa shape index (κ2) is 6.52. The van der Waals surface area contributed by atoms with Gasteiger partial charge in [-0.3, -0.25) is 4.79 Å². The molecule has 2 aromatic rings. The molecule has 0 bridgehead atoms. The number of carbonyl (C=O) groups excluding carboxylic acids is 1. The number of carbonyl (C=O) groups is 1. The van der Waals surface area contributed by atoms with E-state index in [2.05, 4.69) is 0 Å². The zero-order chi connectivity index (χ0) is 15.4. The van der Waals surface area contributed by atoms with Gasteiger partial charge in [0, 0.05) is 12.1 Å². The predicted octanol–water partition coefficient (Wildman–Crippen LogP) is 2.80. The summed E-state index contributed by atoms with van der Waals surface area (Å²) in [5, 5.41) is 0. The zero-order valence-electron chi connectivity index (χ0n) is 12.6. The number of ether oxygens (including phenoxy) is 2. The van der Waals surface area contributed by atoms with Gasteiger partial charge in [0.15, 0.2) is 6.61 Å². The highest BCUT2D eigenvalue weighted by Gasteiger charge is 2.19. The molecule has 1 amide bonds. The molecule has 2 aromatic carbocycles. The Morgan fingerprint density at radius 3 is 2.95 bits per heavy atom. The van der Waals surface area contributed by atoms with Crippen molar-refractivity contribution in [3.05, 3.63) is 59.7 Å². The van der Waals surface area contributed by atoms with Gasteiger partial charge in [-0.15, -0.1) is 0 Å². The first kappa shape index (κ1) is 14.4. The molecular weight excluding hydrogens is 278 g/mol. The molecule has 22 heavy (non-hydrogen) atoms. The van der Waals surface area contributed by atoms with Gasteiger partial charge in [-0.1, -0.05) is 30.3 Å². The second-order valence-corrected chi connectivity index (χ2v) is 5.38. The minimum Gasteiger partial charge on any atom is -0.491 e. The average molecular weight is 297 g/mol. The van der Waals surface area contributed by atoms with E-state index in [1.54, 1.807) is 4.90 Å². The number of para-hydroxylation sites is 1. The minimum absolute atomic E-state index is 0.0261. The Labute approximate surface area is 130 Å². The predicted molar refractivity (Wildman–Crippen MR) is 84.0 cm³/mol. The van der Waals surface area contributed by atoms with Crippen LogP contribution in [0.3, 0.4) is 0 Å². The van der Waals surface area contributed by atoms with E-state index in [-0.39, 0.29) is 12.5 Å². The summed E-state index contributed by atoms with van der Waals surface area (Å²) in [5.74, 6) is 1.55. The number of benzene rings is 2. The molecule has 0 N–H and O–H groups in total. The van der Waals surface area contributed by atoms with E-state index in [0.29, 0.717) is 19.7 Å². The molecule has 3 rings (SSSR count). The van der Waals surface area contributed by atoms with Crippen molar-refractivity contribution in [2.75, 3.05) is 19.8 Å². The number of amides is 1. The molecule has 0 radical (unpaired) electrons. The summed E-state index contributed by atoms with van der Waals surface area (Å²) in [5.41, 5.74) is 2.14. The van der Waals surface area contributed by atoms with Crippen LogP contribution in [0, 0.1) is 6.92 Å². The second-order valence-electron chi connectivity index (χ2n) is 5.38. The van der Waals surface area contributed by atoms with Crippen molar-refractivity contribution in [2.24, 2.45) is 0 Å². The maximum atomic E-state index is 12.4. The topological polar surface area (TPSA) is 38.8 Å². The number of rotatable bonds is 3. The van der Waals surface area contributed by atoms with E-state index in [1.807, 2.05) is 55.5 Å². The Bertz CT molecular complexity index is 669. The largest absolute Gasteiger partial charge is 0.491 e. The quantitative estimate of drug-likeness (QED) is 0.874. The highest BCUT2D eigenvalue weighted by Crippen LogP contribution is 2.22. The van der Waals surface area contributed by atoms with Gasteiger partial charge in [-0.05, 0) is 30.7 Å². The summed E-state index contributed by atoms with van der Waals surface area (Å²) < 4.78 is 11.3. The van der Waals surface area contributed by atoms with E-state index in [4.69, 9.17) is 9.47 Å². The molecule has 0 saturated carbocycles. The van der Waals surface area contributed by atoms with Crippen LogP contribution in [0.25, 0.3) is 0 Å². The molecule has 1 heterocycles. The third-order valence-corrected chi connectivity index (χ3v) is 3.66. The molecule has 0 aliphatic carbocycles. The highest BCUT2D eigenvalue weighted by atomic mass is 16.5. The van der Waals surface area contributed by atoms with Crippen LogP contribution < -0.4 is 9.47 Å². The van der Waals surface area contributed by atoms with Gasteiger partial charge in [0.25, 0.3) is 5.91 Å². The van der Waals surface area contributed by atoms with Crippen molar-refractivity contribution in [2.45, 2.75) is 13.5 Å². The van der Waals surface area contributed by atoms with Gasteiger partial charge in [0.05, 0.1) is 6.54 Å². The minimum atomic E-state index is -0.0261. The summed E-state index contributed by atoms with van der Waals surface area (Å²) in [6, 6.07) is 15.5. The molecular formula is C18H19NO3. The summed E-state index contributed by atoms with van der Waals surface area (Å²) in [6.45, 7) is 3.69. The molecule has 0 aromatic heterocycles. The van der Waals surface area contributed by atoms with Crippen LogP contribution in [0.4, 0.5) is 0 Å². The molecule has 0 unspecified atom stereocenters. The van der Waals surface area contributed by atoms with Crippen molar-refractivity contribution >= 4 is 5.91 Å². The van der Waals surface area contributed by atoms with Gasteiger partial charge < -0.3 is 14.4 Å². The van der Waals surface area contributed by atoms with Crippen LogP contribution >= 0.6 is 0 Å². The molecule has 1 aliphatic heterocycles. The molecule has 0 saturated heterocycles. The lowest BCUT2D eigenvalue weighted by molar-refractivity contribution is -0.134. The number of hydrogen-bond acceptors (Lipinski definition) is 3. The number of fused-ring (bicyclic) bond motifs is 1. The van der Waals surface area contributed by atoms with Crippen LogP contribution in [0.5, 0.6) is 11.5 Å². The van der Waals surface area contributed by atoms with Crippen LogP contribution in [-0.2, 0) is 11.3 Å². The summed E-state index contributed by atoms with van der Waals surface area (Å²) >= 11 is 0. The van der Waals surface area contributed by atoms with Crippen molar-refractivity contribution in [3.63, 3.8) is 0 Å². The monoisotopic (exact) mass is 297 g/mol. The molecule has 4 nitrogen and oxygen atoms in total. The lowest BCUT2D eigenvalue weighted by Gasteiger charge is -2.20. The van der Waals surface area contributed by atoms with Gasteiger partial charge in [0.2, 0.25) is 0 Å². The van der Waals surface area contributed by atoms with Crippen molar-refractivity contribution in [3.8, 4) is 11.5 Å². The summed E-state index contributed by atoms with van der Waals surface area (Å²) in [7, 11) is 0. The normalized spacial score (nSPS) is 13.8. The smallest absolute Gasteiger partial charge is 0.260 e. The van der Waals surface area contributed by atoms with Crippen molar-refractivity contribution in [1.29, 1.82) is 0 Å². The number of aryl methyl sites for hydroxylation is 1. The summed E-state index contributed by atoms with van der Waals surface area (Å²) in [4.78, 5) is 14.1. The first-order chi connectivity index (χ1) is 10.7. The van der Waals surface area contributed by atoms with E-state index in [1.165, 1.54) is 0 Å². The lowest BCUT2D eigenvalue weighted by atomic mass is 10.2. The number of hydrogen-bond donors (Lipinski definition) is 0. The van der Waals surface area contributed by atoms with Crippen LogP contribution in [0.2, 0.25) is 0 Å². The van der Waals surface area contributed by atoms with E-state index < -0.39 is 0 Å². The van der Waals surface area contributed by atoms with E-state index >= 15 is 0 Å². The van der Waals surface area contributed by atoms with Crippen molar-refractivity contribution < 1.29 is 14.3 Å². The first-order valence-electron chi connectivity index (χ1n) is 7.40. The third kappa shape index (κ3) is 3.39. The fourth-order valence-corrected chi connectivity index (χ4v) is 2.48. The molecule has 0 atom stereocenters. The third-order valence-electron chi connectivity index (χ3n) is 3.66. The van der Waals surface area contributed by atoms with Gasteiger partial charge in [0.1, 0.15) is 18.1 Å². The van der Waals surface area contributed by atoms with Crippen LogP contribution in [0.1, 0.15) is 11.1 Å². The maximum absolute atomic E-state index is 12.4. The van der Waals surface area contributed by atoms with E-state index in [9.17, 15) is 4.79 Å². The maximum Gasteiger partial charge on any atom is 0.260 e. The Morgan fingerprint density at radius 1 is 1.23 bits per heavy atom. The Balaban J connectivity index is 1.63. The number of nitrogens with zero attached hydrogens (tertiary/aromatic N) is 1. The van der Waals surface area contributed by atoms with Crippen LogP contribution in [0.15, 0.2) is 48.5 Å². The van der Waals surface area contributed by atoms with Crippen LogP contribution in [-0.4, -0.2) is 30.6 Å². The molecule has 0 spiro atoms. The fraction of sp³-hybridized carbons (Fsp3) is 0.278. The van der Waals surface area contributed by atoms with Gasteiger partial charge >= 0.3 is 0 Å². The standard InChI is InChI=1S/C18H19NO3/c1-14-5-4-7-16(11-14)22-13-18(20)19-9-10-21-17-8-3-2-6-15(17)12-19/h2-8,11H,9-10,12-13H2,1H3. The molecule has 0 fully saturated rings. The molecule has 4 heteroatoms. The molecule has 114 valence electrons. The van der Waals surface area contributed by atoms with Crippen molar-refractivity contribution in [1.82, 2.24) is 4.90 Å². The summed E-state index contributed by atoms with van der Waals surface area (Å²) in [6.07, 6.45) is 0. The van der Waals surface area contributed by atoms with Gasteiger partial charge in [-0.2, -0.15) is 0 Å². The fourth-order valence-electron chi connectivity index (χ4n) is 2.48. The van der Waals surface area contributed by atoms with Gasteiger partial charge in [-0.25, -0.2) is 0 Å². The Hall–Kier alpha value is -2.49. The highest BCUT2D eigenvalue weighted by molar-refractivity contribution is 5.78. The SMILES string of the molecule is Cc1cccc(OCC(=O)N2CCOc3ccccc3C2)c1. The zero-order valence-corrected chi connectivity index (χ0v) is 12.6. The van der Waals surface area contributed by atoms with E-state index in [0.717, 1.165) is 22.6 Å². The first-order valence-corrected chi connectivity index (χ1v) is 7.40. The Kier molecular flexibility index (Phi) is 4.28. The Morgan fingerprint density at radius 2 is 2.09 bits per heavy atom.